The Balaban J connectivity index is 0.000000336. The van der Waals surface area contributed by atoms with Crippen molar-refractivity contribution in [2.75, 3.05) is 23.1 Å². The van der Waals surface area contributed by atoms with Crippen LogP contribution in [0.1, 0.15) is 72.2 Å². The van der Waals surface area contributed by atoms with Crippen molar-refractivity contribution < 1.29 is 23.9 Å². The number of amides is 2. The van der Waals surface area contributed by atoms with E-state index in [1.807, 2.05) is 27.7 Å². The Morgan fingerprint density at radius 3 is 2.38 bits per heavy atom. The molecule has 2 amide bonds. The molecule has 1 aliphatic rings. The molecule has 0 aromatic carbocycles. The number of aromatic amines is 2. The molecule has 0 unspecified atom stereocenters. The molecule has 4 aromatic rings. The van der Waals surface area contributed by atoms with E-state index >= 15 is 0 Å². The minimum atomic E-state index is -0.348. The van der Waals surface area contributed by atoms with Crippen molar-refractivity contribution in [2.24, 2.45) is 11.8 Å². The molecule has 0 bridgehead atoms. The molecule has 252 valence electrons. The van der Waals surface area contributed by atoms with Crippen LogP contribution in [0.4, 0.5) is 17.6 Å². The minimum absolute atomic E-state index is 0.0496. The van der Waals surface area contributed by atoms with Gasteiger partial charge in [0.2, 0.25) is 11.9 Å². The Morgan fingerprint density at radius 1 is 1.04 bits per heavy atom. The summed E-state index contributed by atoms with van der Waals surface area (Å²) in [5, 5.41) is 2.64. The van der Waals surface area contributed by atoms with Crippen LogP contribution in [-0.4, -0.2) is 65.9 Å². The van der Waals surface area contributed by atoms with Gasteiger partial charge in [0.25, 0.3) is 5.91 Å². The molecule has 0 saturated heterocycles. The quantitative estimate of drug-likeness (QED) is 0.106. The topological polar surface area (TPSA) is 215 Å². The first-order chi connectivity index (χ1) is 22.7. The first-order valence-corrected chi connectivity index (χ1v) is 15.3. The number of pyridine rings is 1. The number of aromatic nitrogens is 7. The number of carbonyl (C=O) groups is 4. The molecule has 0 spiro atoms. The van der Waals surface area contributed by atoms with Gasteiger partial charge in [0.15, 0.2) is 17.9 Å². The zero-order chi connectivity index (χ0) is 35.3. The van der Waals surface area contributed by atoms with Gasteiger partial charge in [-0.2, -0.15) is 4.98 Å². The lowest BCUT2D eigenvalue weighted by Gasteiger charge is -2.19. The zero-order valence-electron chi connectivity index (χ0n) is 27.6. The molecular formula is C32H37ClN10O5. The number of imidazole rings is 2. The van der Waals surface area contributed by atoms with Crippen LogP contribution in [-0.2, 0) is 27.3 Å². The third kappa shape index (κ3) is 7.91. The number of nitrogen functional groups attached to an aromatic ring is 1. The number of hydrogen-bond acceptors (Lipinski definition) is 11. The first kappa shape index (κ1) is 35.4. The zero-order valence-corrected chi connectivity index (χ0v) is 28.4. The molecule has 0 aliphatic carbocycles. The number of fused-ring (bicyclic) bond motifs is 1. The van der Waals surface area contributed by atoms with Gasteiger partial charge in [-0.1, -0.05) is 39.3 Å². The second-order valence-corrected chi connectivity index (χ2v) is 12.0. The lowest BCUT2D eigenvalue weighted by molar-refractivity contribution is -0.121. The predicted molar refractivity (Wildman–Crippen MR) is 180 cm³/mol. The van der Waals surface area contributed by atoms with Crippen molar-refractivity contribution in [2.45, 2.75) is 54.5 Å². The standard InChI is InChI=1S/C24H26ClN7O3.C8H11N3O2/c1-11(2)17(33)6-14-9-28-18(29-14)7-15-19-21(25)30-24(26)31-22(19)32(23(15)34)10-16-13(4)20(35-5)12(3)8-27-16;1-5(2)8(13)11-6-3-9-7(4-12)10-6/h7-9,11H,6,10H2,1-5H3,(H,28,29)(H2,26,30,31);3-5H,1-2H3,(H,9,10)(H,11,13)/b15-7-;. The average molecular weight is 677 g/mol. The third-order valence-electron chi connectivity index (χ3n) is 7.35. The van der Waals surface area contributed by atoms with Crippen molar-refractivity contribution in [1.82, 2.24) is 34.9 Å². The lowest BCUT2D eigenvalue weighted by atomic mass is 10.1. The van der Waals surface area contributed by atoms with Gasteiger partial charge in [-0.15, -0.1) is 0 Å². The number of halogens is 1. The smallest absolute Gasteiger partial charge is 0.260 e. The molecule has 5 rings (SSSR count). The Bertz CT molecular complexity index is 1900. The number of ketones is 1. The molecule has 0 saturated carbocycles. The molecule has 16 heteroatoms. The van der Waals surface area contributed by atoms with Crippen LogP contribution in [0, 0.1) is 25.7 Å². The summed E-state index contributed by atoms with van der Waals surface area (Å²) in [5.74, 6) is 1.46. The molecule has 1 aliphatic heterocycles. The summed E-state index contributed by atoms with van der Waals surface area (Å²) in [4.78, 5) is 75.1. The summed E-state index contributed by atoms with van der Waals surface area (Å²) in [5.41, 5.74) is 9.48. The number of aryl methyl sites for hydroxylation is 1. The molecule has 0 fully saturated rings. The van der Waals surface area contributed by atoms with Gasteiger partial charge in [0.1, 0.15) is 28.3 Å². The number of Topliss-reactive ketones (excluding diaryl/α,β-unsaturated/α-hetero) is 1. The van der Waals surface area contributed by atoms with E-state index in [4.69, 9.17) is 22.1 Å². The Hall–Kier alpha value is -5.44. The van der Waals surface area contributed by atoms with E-state index in [9.17, 15) is 19.2 Å². The predicted octanol–water partition coefficient (Wildman–Crippen LogP) is 4.13. The minimum Gasteiger partial charge on any atom is -0.496 e. The van der Waals surface area contributed by atoms with Gasteiger partial charge >= 0.3 is 0 Å². The van der Waals surface area contributed by atoms with Crippen molar-refractivity contribution in [3.63, 3.8) is 0 Å². The van der Waals surface area contributed by atoms with E-state index in [-0.39, 0.29) is 64.9 Å². The number of rotatable bonds is 10. The van der Waals surface area contributed by atoms with Crippen LogP contribution in [0.3, 0.4) is 0 Å². The number of nitrogens with zero attached hydrogens (tertiary/aromatic N) is 6. The van der Waals surface area contributed by atoms with Gasteiger partial charge < -0.3 is 25.8 Å². The number of hydrogen-bond donors (Lipinski definition) is 4. The molecular weight excluding hydrogens is 640 g/mol. The van der Waals surface area contributed by atoms with Gasteiger partial charge in [-0.25, -0.2) is 15.0 Å². The van der Waals surface area contributed by atoms with E-state index in [1.165, 1.54) is 11.1 Å². The number of methoxy groups -OCH3 is 1. The van der Waals surface area contributed by atoms with Gasteiger partial charge in [0.05, 0.1) is 36.7 Å². The Kier molecular flexibility index (Phi) is 11.1. The van der Waals surface area contributed by atoms with Gasteiger partial charge in [-0.3, -0.25) is 29.1 Å². The van der Waals surface area contributed by atoms with E-state index in [0.717, 1.165) is 11.1 Å². The number of aldehydes is 1. The maximum Gasteiger partial charge on any atom is 0.260 e. The van der Waals surface area contributed by atoms with Crippen LogP contribution in [0.15, 0.2) is 18.6 Å². The van der Waals surface area contributed by atoms with Crippen LogP contribution < -0.4 is 20.7 Å². The highest BCUT2D eigenvalue weighted by atomic mass is 35.5. The van der Waals surface area contributed by atoms with E-state index in [0.29, 0.717) is 46.4 Å². The summed E-state index contributed by atoms with van der Waals surface area (Å²) >= 11 is 6.42. The highest BCUT2D eigenvalue weighted by molar-refractivity contribution is 6.41. The molecule has 5 heterocycles. The van der Waals surface area contributed by atoms with E-state index < -0.39 is 0 Å². The highest BCUT2D eigenvalue weighted by Gasteiger charge is 2.37. The molecule has 5 N–H and O–H groups in total. The highest BCUT2D eigenvalue weighted by Crippen LogP contribution is 2.41. The largest absolute Gasteiger partial charge is 0.496 e. The van der Waals surface area contributed by atoms with Crippen LogP contribution in [0.25, 0.3) is 11.6 Å². The van der Waals surface area contributed by atoms with Crippen molar-refractivity contribution in [3.05, 3.63) is 63.5 Å². The Labute approximate surface area is 281 Å². The fourth-order valence-electron chi connectivity index (χ4n) is 4.68. The molecule has 0 radical (unpaired) electrons. The normalized spacial score (nSPS) is 13.1. The first-order valence-electron chi connectivity index (χ1n) is 15.0. The fraction of sp³-hybridized carbons (Fsp3) is 0.344. The van der Waals surface area contributed by atoms with Gasteiger partial charge in [0, 0.05) is 47.5 Å². The van der Waals surface area contributed by atoms with Crippen molar-refractivity contribution in [1.29, 1.82) is 0 Å². The third-order valence-corrected chi connectivity index (χ3v) is 7.62. The maximum absolute atomic E-state index is 13.6. The number of anilines is 3. The van der Waals surface area contributed by atoms with Crippen LogP contribution in [0.5, 0.6) is 5.75 Å². The number of H-pyrrole nitrogens is 2. The summed E-state index contributed by atoms with van der Waals surface area (Å²) in [6.45, 7) is 11.2. The average Bonchev–Trinajstić information content (AvgIpc) is 3.74. The fourth-order valence-corrected chi connectivity index (χ4v) is 4.95. The second kappa shape index (κ2) is 15.0. The van der Waals surface area contributed by atoms with Gasteiger partial charge in [-0.05, 0) is 19.9 Å². The molecule has 4 aromatic heterocycles. The van der Waals surface area contributed by atoms with Crippen molar-refractivity contribution >= 4 is 64.7 Å². The Morgan fingerprint density at radius 2 is 1.75 bits per heavy atom. The van der Waals surface area contributed by atoms with Crippen molar-refractivity contribution in [3.8, 4) is 5.75 Å². The summed E-state index contributed by atoms with van der Waals surface area (Å²) < 4.78 is 5.50. The SMILES string of the molecule is CC(C)C(=O)Nc1cnc(C=O)[nH]1.COc1c(C)cnc(CN2C(=O)/C(=C\c3ncc(CC(=O)C(C)C)[nH]3)c3c(Cl)nc(N)nc32)c1C. The number of carbonyl (C=O) groups excluding carboxylic acids is 4. The van der Waals surface area contributed by atoms with E-state index in [1.54, 1.807) is 39.4 Å². The summed E-state index contributed by atoms with van der Waals surface area (Å²) in [7, 11) is 1.59. The van der Waals surface area contributed by atoms with Crippen LogP contribution in [0.2, 0.25) is 5.15 Å². The summed E-state index contributed by atoms with van der Waals surface area (Å²) in [6, 6.07) is 0. The monoisotopic (exact) mass is 676 g/mol. The second-order valence-electron chi connectivity index (χ2n) is 11.6. The maximum atomic E-state index is 13.6. The molecule has 48 heavy (non-hydrogen) atoms. The number of nitrogens with one attached hydrogen (secondary N) is 3. The lowest BCUT2D eigenvalue weighted by Crippen LogP contribution is -2.27. The number of nitrogens with two attached hydrogens (primary N) is 1. The van der Waals surface area contributed by atoms with Crippen LogP contribution >= 0.6 is 11.6 Å². The van der Waals surface area contributed by atoms with E-state index in [2.05, 4.69) is 40.2 Å². The summed E-state index contributed by atoms with van der Waals surface area (Å²) in [6.07, 6.45) is 7.08. The number of ether oxygens (including phenoxy) is 1. The molecule has 15 nitrogen and oxygen atoms in total. The molecule has 0 atom stereocenters.